The number of fused-ring (bicyclic) bond motifs is 1. The van der Waals surface area contributed by atoms with Gasteiger partial charge in [0.2, 0.25) is 0 Å². The second kappa shape index (κ2) is 6.11. The van der Waals surface area contributed by atoms with Gasteiger partial charge in [-0.2, -0.15) is 0 Å². The number of carbonyl (C=O) groups is 1. The summed E-state index contributed by atoms with van der Waals surface area (Å²) in [5.41, 5.74) is 2.11. The molecule has 6 heteroatoms. The lowest BCUT2D eigenvalue weighted by Gasteiger charge is -2.18. The number of pyridine rings is 1. The van der Waals surface area contributed by atoms with Gasteiger partial charge in [0.1, 0.15) is 5.82 Å². The van der Waals surface area contributed by atoms with Gasteiger partial charge in [-0.15, -0.1) is 0 Å². The molecule has 0 aliphatic heterocycles. The Hall–Kier alpha value is -2.47. The average Bonchev–Trinajstić information content (AvgIpc) is 2.83. The summed E-state index contributed by atoms with van der Waals surface area (Å²) >= 11 is 0. The number of hydrogen-bond acceptors (Lipinski definition) is 3. The number of rotatable bonds is 3. The first kappa shape index (κ1) is 14.5. The summed E-state index contributed by atoms with van der Waals surface area (Å²) in [6.07, 6.45) is 1.32. The first-order chi connectivity index (χ1) is 10.6. The fourth-order valence-electron chi connectivity index (χ4n) is 2.65. The molecular formula is C16H16FN3O2. The Morgan fingerprint density at radius 2 is 2.14 bits per heavy atom. The molecule has 3 N–H and O–H groups in total. The molecule has 1 aliphatic rings. The second-order valence-corrected chi connectivity index (χ2v) is 5.21. The maximum Gasteiger partial charge on any atom is 0.315 e. The number of benzene rings is 1. The molecule has 1 heterocycles. The summed E-state index contributed by atoms with van der Waals surface area (Å²) in [6, 6.07) is 9.44. The van der Waals surface area contributed by atoms with Crippen LogP contribution in [0.3, 0.4) is 0 Å². The van der Waals surface area contributed by atoms with E-state index in [9.17, 15) is 14.3 Å². The van der Waals surface area contributed by atoms with E-state index >= 15 is 0 Å². The highest BCUT2D eigenvalue weighted by molar-refractivity contribution is 5.74. The molecule has 22 heavy (non-hydrogen) atoms. The molecule has 1 aromatic carbocycles. The molecule has 0 saturated heterocycles. The van der Waals surface area contributed by atoms with Crippen LogP contribution in [-0.4, -0.2) is 22.2 Å². The van der Waals surface area contributed by atoms with Gasteiger partial charge in [-0.25, -0.2) is 9.18 Å². The summed E-state index contributed by atoms with van der Waals surface area (Å²) in [6.45, 7) is -0.0109. The molecule has 0 fully saturated rings. The number of nitrogens with zero attached hydrogens (tertiary/aromatic N) is 1. The number of halogens is 1. The Morgan fingerprint density at radius 3 is 2.95 bits per heavy atom. The van der Waals surface area contributed by atoms with E-state index in [1.807, 2.05) is 24.3 Å². The number of urea groups is 1. The maximum absolute atomic E-state index is 13.4. The van der Waals surface area contributed by atoms with Crippen molar-refractivity contribution in [3.63, 3.8) is 0 Å². The SMILES string of the molecule is O=C(NCc1ncccc1F)NC1c2ccccc2CC1O. The molecule has 2 unspecified atom stereocenters. The topological polar surface area (TPSA) is 74.2 Å². The molecule has 0 bridgehead atoms. The predicted octanol–water partition coefficient (Wildman–Crippen LogP) is 1.68. The van der Waals surface area contributed by atoms with Gasteiger partial charge in [-0.05, 0) is 23.3 Å². The Labute approximate surface area is 127 Å². The lowest BCUT2D eigenvalue weighted by atomic mass is 10.1. The van der Waals surface area contributed by atoms with Gasteiger partial charge in [0.25, 0.3) is 0 Å². The monoisotopic (exact) mass is 301 g/mol. The normalized spacial score (nSPS) is 19.5. The minimum atomic E-state index is -0.658. The van der Waals surface area contributed by atoms with Crippen LogP contribution in [0, 0.1) is 5.82 Å². The Morgan fingerprint density at radius 1 is 1.32 bits per heavy atom. The first-order valence-corrected chi connectivity index (χ1v) is 7.05. The van der Waals surface area contributed by atoms with Gasteiger partial charge in [0.05, 0.1) is 24.4 Å². The molecular weight excluding hydrogens is 285 g/mol. The molecule has 1 aromatic heterocycles. The third-order valence-corrected chi connectivity index (χ3v) is 3.74. The van der Waals surface area contributed by atoms with Crippen LogP contribution in [0.25, 0.3) is 0 Å². The van der Waals surface area contributed by atoms with Crippen LogP contribution in [0.15, 0.2) is 42.6 Å². The van der Waals surface area contributed by atoms with Crippen LogP contribution in [0.1, 0.15) is 22.9 Å². The zero-order valence-corrected chi connectivity index (χ0v) is 11.8. The molecule has 2 aromatic rings. The van der Waals surface area contributed by atoms with Crippen LogP contribution in [-0.2, 0) is 13.0 Å². The highest BCUT2D eigenvalue weighted by Crippen LogP contribution is 2.30. The van der Waals surface area contributed by atoms with E-state index in [1.54, 1.807) is 0 Å². The number of aromatic nitrogens is 1. The number of nitrogens with one attached hydrogen (secondary N) is 2. The maximum atomic E-state index is 13.4. The molecule has 0 radical (unpaired) electrons. The lowest BCUT2D eigenvalue weighted by molar-refractivity contribution is 0.142. The highest BCUT2D eigenvalue weighted by atomic mass is 19.1. The number of aliphatic hydroxyl groups is 1. The minimum absolute atomic E-state index is 0.0109. The van der Waals surface area contributed by atoms with Gasteiger partial charge in [0, 0.05) is 12.6 Å². The predicted molar refractivity (Wildman–Crippen MR) is 78.5 cm³/mol. The van der Waals surface area contributed by atoms with E-state index in [4.69, 9.17) is 0 Å². The molecule has 1 aliphatic carbocycles. The minimum Gasteiger partial charge on any atom is -0.390 e. The van der Waals surface area contributed by atoms with Crippen LogP contribution in [0.4, 0.5) is 9.18 Å². The summed E-state index contributed by atoms with van der Waals surface area (Å²) in [5, 5.41) is 15.4. The standard InChI is InChI=1S/C16H16FN3O2/c17-12-6-3-7-18-13(12)9-19-16(22)20-15-11-5-2-1-4-10(11)8-14(15)21/h1-7,14-15,21H,8-9H2,(H2,19,20,22). The van der Waals surface area contributed by atoms with E-state index < -0.39 is 24.0 Å². The molecule has 0 spiro atoms. The van der Waals surface area contributed by atoms with Crippen LogP contribution in [0.5, 0.6) is 0 Å². The lowest BCUT2D eigenvalue weighted by Crippen LogP contribution is -2.40. The van der Waals surface area contributed by atoms with Crippen LogP contribution >= 0.6 is 0 Å². The van der Waals surface area contributed by atoms with Crippen molar-refractivity contribution in [1.29, 1.82) is 0 Å². The highest BCUT2D eigenvalue weighted by Gasteiger charge is 2.31. The number of amides is 2. The van der Waals surface area contributed by atoms with E-state index in [0.29, 0.717) is 6.42 Å². The van der Waals surface area contributed by atoms with Crippen molar-refractivity contribution < 1.29 is 14.3 Å². The van der Waals surface area contributed by atoms with E-state index in [-0.39, 0.29) is 12.2 Å². The molecule has 2 atom stereocenters. The smallest absolute Gasteiger partial charge is 0.315 e. The molecule has 5 nitrogen and oxygen atoms in total. The number of carbonyl (C=O) groups excluding carboxylic acids is 1. The fraction of sp³-hybridized carbons (Fsp3) is 0.250. The van der Waals surface area contributed by atoms with Crippen molar-refractivity contribution in [3.05, 3.63) is 65.2 Å². The summed E-state index contributed by atoms with van der Waals surface area (Å²) in [5.74, 6) is -0.464. The van der Waals surface area contributed by atoms with E-state index in [0.717, 1.165) is 11.1 Å². The zero-order valence-electron chi connectivity index (χ0n) is 11.8. The quantitative estimate of drug-likeness (QED) is 0.807. The van der Waals surface area contributed by atoms with Gasteiger partial charge in [-0.3, -0.25) is 4.98 Å². The summed E-state index contributed by atoms with van der Waals surface area (Å²) < 4.78 is 13.4. The zero-order chi connectivity index (χ0) is 15.5. The fourth-order valence-corrected chi connectivity index (χ4v) is 2.65. The van der Waals surface area contributed by atoms with Gasteiger partial charge in [0.15, 0.2) is 0 Å². The van der Waals surface area contributed by atoms with E-state index in [2.05, 4.69) is 15.6 Å². The van der Waals surface area contributed by atoms with Crippen molar-refractivity contribution in [1.82, 2.24) is 15.6 Å². The third-order valence-electron chi connectivity index (χ3n) is 3.74. The van der Waals surface area contributed by atoms with E-state index in [1.165, 1.54) is 18.3 Å². The Bertz CT molecular complexity index is 693. The van der Waals surface area contributed by atoms with Crippen molar-refractivity contribution >= 4 is 6.03 Å². The summed E-state index contributed by atoms with van der Waals surface area (Å²) in [4.78, 5) is 15.8. The van der Waals surface area contributed by atoms with Crippen molar-refractivity contribution in [3.8, 4) is 0 Å². The Balaban J connectivity index is 1.62. The van der Waals surface area contributed by atoms with Gasteiger partial charge >= 0.3 is 6.03 Å². The average molecular weight is 301 g/mol. The van der Waals surface area contributed by atoms with Crippen molar-refractivity contribution in [2.45, 2.75) is 25.1 Å². The number of aliphatic hydroxyl groups excluding tert-OH is 1. The van der Waals surface area contributed by atoms with Crippen LogP contribution in [0.2, 0.25) is 0 Å². The van der Waals surface area contributed by atoms with Gasteiger partial charge in [-0.1, -0.05) is 24.3 Å². The Kier molecular flexibility index (Phi) is 4.02. The molecule has 114 valence electrons. The largest absolute Gasteiger partial charge is 0.390 e. The number of hydrogen-bond donors (Lipinski definition) is 3. The van der Waals surface area contributed by atoms with Crippen molar-refractivity contribution in [2.24, 2.45) is 0 Å². The summed E-state index contributed by atoms with van der Waals surface area (Å²) in [7, 11) is 0. The molecule has 2 amide bonds. The van der Waals surface area contributed by atoms with Crippen LogP contribution < -0.4 is 10.6 Å². The molecule has 0 saturated carbocycles. The van der Waals surface area contributed by atoms with Gasteiger partial charge < -0.3 is 15.7 Å². The second-order valence-electron chi connectivity index (χ2n) is 5.21. The first-order valence-electron chi connectivity index (χ1n) is 7.05. The molecule has 3 rings (SSSR count). The third kappa shape index (κ3) is 2.92. The van der Waals surface area contributed by atoms with Crippen molar-refractivity contribution in [2.75, 3.05) is 0 Å².